The van der Waals surface area contributed by atoms with E-state index in [-0.39, 0.29) is 48.5 Å². The lowest BCUT2D eigenvalue weighted by Crippen LogP contribution is -2.50. The molecule has 0 atom stereocenters. The van der Waals surface area contributed by atoms with Crippen LogP contribution >= 0.6 is 0 Å². The van der Waals surface area contributed by atoms with Gasteiger partial charge in [0.15, 0.2) is 0 Å². The molecule has 1 fully saturated rings. The summed E-state index contributed by atoms with van der Waals surface area (Å²) in [6.45, 7) is 1.54. The molecule has 0 unspecified atom stereocenters. The van der Waals surface area contributed by atoms with Crippen LogP contribution in [0.5, 0.6) is 0 Å². The van der Waals surface area contributed by atoms with E-state index < -0.39 is 15.8 Å². The number of carbonyl (C=O) groups is 2. The van der Waals surface area contributed by atoms with Crippen LogP contribution in [0.3, 0.4) is 0 Å². The lowest BCUT2D eigenvalue weighted by atomic mass is 9.92. The van der Waals surface area contributed by atoms with Gasteiger partial charge in [-0.2, -0.15) is 4.31 Å². The molecule has 0 aromatic heterocycles. The standard InChI is InChI=1S/C23H24FN3O4S/c24-19-5-1-3-18(13-19)23(29)25-9-11-26(12-10-25)32(30,31)20-14-16-4-2-8-27-21(28)7-6-17(15-20)22(16)27/h1,3,5,13-15H,2,4,6-12H2. The van der Waals surface area contributed by atoms with Crippen molar-refractivity contribution >= 4 is 27.5 Å². The van der Waals surface area contributed by atoms with Crippen molar-refractivity contribution in [3.8, 4) is 0 Å². The van der Waals surface area contributed by atoms with Gasteiger partial charge in [-0.1, -0.05) is 6.07 Å². The van der Waals surface area contributed by atoms with E-state index in [0.29, 0.717) is 19.4 Å². The number of halogens is 1. The zero-order valence-corrected chi connectivity index (χ0v) is 18.4. The molecule has 0 saturated carbocycles. The summed E-state index contributed by atoms with van der Waals surface area (Å²) in [4.78, 5) is 28.5. The maximum atomic E-state index is 13.5. The maximum absolute atomic E-state index is 13.5. The summed E-state index contributed by atoms with van der Waals surface area (Å²) in [6, 6.07) is 8.94. The van der Waals surface area contributed by atoms with Gasteiger partial charge in [0, 0.05) is 44.7 Å². The highest BCUT2D eigenvalue weighted by molar-refractivity contribution is 7.89. The topological polar surface area (TPSA) is 78.0 Å². The molecule has 2 aromatic carbocycles. The Labute approximate surface area is 186 Å². The Morgan fingerprint density at radius 3 is 2.34 bits per heavy atom. The fraction of sp³-hybridized carbons (Fsp3) is 0.391. The Morgan fingerprint density at radius 2 is 1.62 bits per heavy atom. The Morgan fingerprint density at radius 1 is 0.906 bits per heavy atom. The molecule has 32 heavy (non-hydrogen) atoms. The fourth-order valence-electron chi connectivity index (χ4n) is 4.85. The molecule has 0 aliphatic carbocycles. The first kappa shape index (κ1) is 21.1. The SMILES string of the molecule is O=C(c1cccc(F)c1)N1CCN(S(=O)(=O)c2cc3c4c(c2)CCC(=O)N4CCC3)CC1. The number of sulfonamides is 1. The van der Waals surface area contributed by atoms with Gasteiger partial charge in [0.1, 0.15) is 5.82 Å². The molecule has 3 aliphatic rings. The normalized spacial score (nSPS) is 19.1. The number of anilines is 1. The summed E-state index contributed by atoms with van der Waals surface area (Å²) < 4.78 is 41.6. The highest BCUT2D eigenvalue weighted by Crippen LogP contribution is 2.38. The monoisotopic (exact) mass is 457 g/mol. The average Bonchev–Trinajstić information content (AvgIpc) is 2.81. The largest absolute Gasteiger partial charge is 0.336 e. The van der Waals surface area contributed by atoms with Crippen molar-refractivity contribution in [1.29, 1.82) is 0 Å². The summed E-state index contributed by atoms with van der Waals surface area (Å²) >= 11 is 0. The number of amides is 2. The molecule has 3 aliphatic heterocycles. The lowest BCUT2D eigenvalue weighted by Gasteiger charge is -2.37. The minimum atomic E-state index is -3.72. The van der Waals surface area contributed by atoms with E-state index in [1.165, 1.54) is 22.5 Å². The number of nitrogens with zero attached hydrogens (tertiary/aromatic N) is 3. The van der Waals surface area contributed by atoms with Gasteiger partial charge in [-0.05, 0) is 60.7 Å². The first-order valence-electron chi connectivity index (χ1n) is 10.9. The van der Waals surface area contributed by atoms with Gasteiger partial charge in [-0.3, -0.25) is 9.59 Å². The Bertz CT molecular complexity index is 1190. The second kappa shape index (κ2) is 7.97. The van der Waals surface area contributed by atoms with Crippen molar-refractivity contribution in [2.75, 3.05) is 37.6 Å². The van der Waals surface area contributed by atoms with Crippen LogP contribution in [0.1, 0.15) is 34.3 Å². The number of hydrogen-bond acceptors (Lipinski definition) is 4. The van der Waals surface area contributed by atoms with Crippen LogP contribution in [0.4, 0.5) is 10.1 Å². The molecular formula is C23H24FN3O4S. The number of aryl methyl sites for hydroxylation is 2. The third-order valence-electron chi connectivity index (χ3n) is 6.48. The highest BCUT2D eigenvalue weighted by atomic mass is 32.2. The maximum Gasteiger partial charge on any atom is 0.254 e. The van der Waals surface area contributed by atoms with Crippen LogP contribution < -0.4 is 4.90 Å². The summed E-state index contributed by atoms with van der Waals surface area (Å²) in [5.74, 6) is -0.675. The Kier molecular flexibility index (Phi) is 5.25. The molecule has 9 heteroatoms. The zero-order valence-electron chi connectivity index (χ0n) is 17.6. The number of rotatable bonds is 3. The van der Waals surface area contributed by atoms with Crippen LogP contribution in [-0.2, 0) is 27.7 Å². The van der Waals surface area contributed by atoms with Crippen LogP contribution in [0.2, 0.25) is 0 Å². The van der Waals surface area contributed by atoms with Crippen molar-refractivity contribution in [3.05, 3.63) is 58.9 Å². The molecular weight excluding hydrogens is 433 g/mol. The quantitative estimate of drug-likeness (QED) is 0.708. The average molecular weight is 458 g/mol. The Balaban J connectivity index is 1.35. The zero-order chi connectivity index (χ0) is 22.5. The smallest absolute Gasteiger partial charge is 0.254 e. The molecule has 0 radical (unpaired) electrons. The molecule has 0 spiro atoms. The summed E-state index contributed by atoms with van der Waals surface area (Å²) in [5.41, 5.74) is 2.99. The first-order valence-corrected chi connectivity index (χ1v) is 12.3. The second-order valence-electron chi connectivity index (χ2n) is 8.45. The third kappa shape index (κ3) is 3.59. The number of benzene rings is 2. The van der Waals surface area contributed by atoms with E-state index in [2.05, 4.69) is 0 Å². The van der Waals surface area contributed by atoms with Gasteiger partial charge < -0.3 is 9.80 Å². The fourth-order valence-corrected chi connectivity index (χ4v) is 6.38. The third-order valence-corrected chi connectivity index (χ3v) is 8.36. The highest BCUT2D eigenvalue weighted by Gasteiger charge is 2.34. The van der Waals surface area contributed by atoms with Crippen molar-refractivity contribution in [2.45, 2.75) is 30.6 Å². The molecule has 2 aromatic rings. The van der Waals surface area contributed by atoms with Gasteiger partial charge in [-0.15, -0.1) is 0 Å². The molecule has 7 nitrogen and oxygen atoms in total. The predicted molar refractivity (Wildman–Crippen MR) is 116 cm³/mol. The van der Waals surface area contributed by atoms with Crippen LogP contribution in [0, 0.1) is 5.82 Å². The molecule has 0 N–H and O–H groups in total. The van der Waals surface area contributed by atoms with E-state index in [1.54, 1.807) is 28.0 Å². The molecule has 2 amide bonds. The number of carbonyl (C=O) groups excluding carboxylic acids is 2. The molecule has 1 saturated heterocycles. The Hall–Kier alpha value is -2.78. The number of piperazine rings is 1. The van der Waals surface area contributed by atoms with E-state index in [1.807, 2.05) is 0 Å². The van der Waals surface area contributed by atoms with Crippen LogP contribution in [0.25, 0.3) is 0 Å². The minimum Gasteiger partial charge on any atom is -0.336 e. The molecule has 168 valence electrons. The van der Waals surface area contributed by atoms with Gasteiger partial charge >= 0.3 is 0 Å². The van der Waals surface area contributed by atoms with Gasteiger partial charge in [0.2, 0.25) is 15.9 Å². The first-order chi connectivity index (χ1) is 15.3. The summed E-state index contributed by atoms with van der Waals surface area (Å²) in [6.07, 6.45) is 2.53. The van der Waals surface area contributed by atoms with E-state index in [0.717, 1.165) is 29.7 Å². The van der Waals surface area contributed by atoms with Crippen molar-refractivity contribution < 1.29 is 22.4 Å². The lowest BCUT2D eigenvalue weighted by molar-refractivity contribution is -0.119. The predicted octanol–water partition coefficient (Wildman–Crippen LogP) is 2.20. The van der Waals surface area contributed by atoms with Crippen LogP contribution in [-0.4, -0.2) is 62.2 Å². The number of hydrogen-bond donors (Lipinski definition) is 0. The van der Waals surface area contributed by atoms with E-state index in [4.69, 9.17) is 0 Å². The molecule has 5 rings (SSSR count). The van der Waals surface area contributed by atoms with E-state index in [9.17, 15) is 22.4 Å². The van der Waals surface area contributed by atoms with Crippen LogP contribution in [0.15, 0.2) is 41.3 Å². The minimum absolute atomic E-state index is 0.105. The van der Waals surface area contributed by atoms with Crippen molar-refractivity contribution in [2.24, 2.45) is 0 Å². The molecule has 0 bridgehead atoms. The second-order valence-corrected chi connectivity index (χ2v) is 10.4. The van der Waals surface area contributed by atoms with Crippen molar-refractivity contribution in [1.82, 2.24) is 9.21 Å². The van der Waals surface area contributed by atoms with Gasteiger partial charge in [0.05, 0.1) is 10.6 Å². The van der Waals surface area contributed by atoms with E-state index >= 15 is 0 Å². The van der Waals surface area contributed by atoms with Gasteiger partial charge in [0.25, 0.3) is 5.91 Å². The summed E-state index contributed by atoms with van der Waals surface area (Å²) in [7, 11) is -3.72. The van der Waals surface area contributed by atoms with Crippen molar-refractivity contribution in [3.63, 3.8) is 0 Å². The molecule has 3 heterocycles. The summed E-state index contributed by atoms with van der Waals surface area (Å²) in [5, 5.41) is 0. The van der Waals surface area contributed by atoms with Gasteiger partial charge in [-0.25, -0.2) is 12.8 Å².